The molecule has 230 valence electrons. The van der Waals surface area contributed by atoms with Gasteiger partial charge in [0.15, 0.2) is 0 Å². The molecule has 4 rings (SSSR count). The molecule has 0 bridgehead atoms. The predicted molar refractivity (Wildman–Crippen MR) is 169 cm³/mol. The number of carboxylic acid groups (broad SMARTS) is 1. The second-order valence-electron chi connectivity index (χ2n) is 12.9. The van der Waals surface area contributed by atoms with Crippen LogP contribution < -0.4 is 0 Å². The van der Waals surface area contributed by atoms with Crippen LogP contribution in [0.1, 0.15) is 132 Å². The van der Waals surface area contributed by atoms with Gasteiger partial charge in [-0.3, -0.25) is 4.79 Å². The molecule has 1 aliphatic rings. The van der Waals surface area contributed by atoms with Crippen LogP contribution in [0, 0.1) is 0 Å². The van der Waals surface area contributed by atoms with Gasteiger partial charge in [0, 0.05) is 17.4 Å². The number of carbonyl (C=O) groups is 3. The fourth-order valence-electron chi connectivity index (χ4n) is 6.07. The van der Waals surface area contributed by atoms with Crippen molar-refractivity contribution in [2.24, 2.45) is 0 Å². The van der Waals surface area contributed by atoms with Gasteiger partial charge in [0.05, 0.1) is 16.8 Å². The standard InChI is InChI=1S/C36H46N2O5/c1-36(2,3)43-35(42)28-21-19-27(23-30(28)26-15-12-13-16-26)33-29-20-18-25(22-31(29)37-24-38-33)14-10-8-6-4-5-7-9-11-17-32(39)34(40)41/h18-24,26H,4-17H2,1-3H3,(H,40,41). The van der Waals surface area contributed by atoms with Gasteiger partial charge in [-0.2, -0.15) is 0 Å². The summed E-state index contributed by atoms with van der Waals surface area (Å²) in [6.45, 7) is 5.71. The summed E-state index contributed by atoms with van der Waals surface area (Å²) in [5.41, 5.74) is 5.29. The number of aromatic nitrogens is 2. The molecule has 7 heteroatoms. The van der Waals surface area contributed by atoms with E-state index in [-0.39, 0.29) is 12.4 Å². The van der Waals surface area contributed by atoms with E-state index in [1.54, 1.807) is 6.33 Å². The van der Waals surface area contributed by atoms with Gasteiger partial charge in [-0.15, -0.1) is 0 Å². The number of hydrogen-bond donors (Lipinski definition) is 1. The van der Waals surface area contributed by atoms with Crippen LogP contribution in [0.5, 0.6) is 0 Å². The zero-order chi connectivity index (χ0) is 30.8. The molecule has 2 aromatic carbocycles. The van der Waals surface area contributed by atoms with Crippen molar-refractivity contribution in [1.82, 2.24) is 9.97 Å². The molecule has 3 aromatic rings. The normalized spacial score (nSPS) is 13.8. The van der Waals surface area contributed by atoms with E-state index in [2.05, 4.69) is 34.2 Å². The number of hydrogen-bond acceptors (Lipinski definition) is 6. The number of esters is 1. The minimum absolute atomic E-state index is 0.148. The largest absolute Gasteiger partial charge is 0.476 e. The highest BCUT2D eigenvalue weighted by Gasteiger charge is 2.26. The Morgan fingerprint density at radius 2 is 1.53 bits per heavy atom. The van der Waals surface area contributed by atoms with Crippen LogP contribution >= 0.6 is 0 Å². The zero-order valence-electron chi connectivity index (χ0n) is 26.0. The first-order valence-electron chi connectivity index (χ1n) is 16.0. The van der Waals surface area contributed by atoms with Crippen LogP contribution in [0.4, 0.5) is 0 Å². The van der Waals surface area contributed by atoms with E-state index in [1.807, 2.05) is 32.9 Å². The number of aliphatic carboxylic acids is 1. The predicted octanol–water partition coefficient (Wildman–Crippen LogP) is 8.62. The molecule has 0 spiro atoms. The van der Waals surface area contributed by atoms with Crippen LogP contribution in [0.15, 0.2) is 42.7 Å². The van der Waals surface area contributed by atoms with E-state index in [4.69, 9.17) is 9.84 Å². The Bertz CT molecular complexity index is 1420. The summed E-state index contributed by atoms with van der Waals surface area (Å²) in [6, 6.07) is 12.5. The van der Waals surface area contributed by atoms with Gasteiger partial charge in [0.1, 0.15) is 11.9 Å². The maximum Gasteiger partial charge on any atom is 0.372 e. The number of rotatable bonds is 15. The number of ether oxygens (including phenoxy) is 1. The van der Waals surface area contributed by atoms with E-state index in [1.165, 1.54) is 31.2 Å². The molecule has 1 saturated carbocycles. The highest BCUT2D eigenvalue weighted by atomic mass is 16.6. The van der Waals surface area contributed by atoms with Crippen molar-refractivity contribution in [1.29, 1.82) is 0 Å². The molecule has 0 saturated heterocycles. The molecule has 1 fully saturated rings. The molecule has 7 nitrogen and oxygen atoms in total. The van der Waals surface area contributed by atoms with Crippen LogP contribution in [0.3, 0.4) is 0 Å². The number of unbranched alkanes of at least 4 members (excludes halogenated alkanes) is 7. The van der Waals surface area contributed by atoms with Crippen molar-refractivity contribution in [2.45, 2.75) is 122 Å². The Morgan fingerprint density at radius 3 is 2.21 bits per heavy atom. The number of benzene rings is 2. The molecule has 0 radical (unpaired) electrons. The van der Waals surface area contributed by atoms with Crippen molar-refractivity contribution in [3.05, 3.63) is 59.4 Å². The number of ketones is 1. The van der Waals surface area contributed by atoms with Gasteiger partial charge in [0.25, 0.3) is 0 Å². The van der Waals surface area contributed by atoms with E-state index in [9.17, 15) is 14.4 Å². The Labute approximate surface area is 255 Å². The van der Waals surface area contributed by atoms with E-state index in [0.29, 0.717) is 17.9 Å². The first-order valence-corrected chi connectivity index (χ1v) is 16.0. The number of fused-ring (bicyclic) bond motifs is 1. The van der Waals surface area contributed by atoms with Crippen molar-refractivity contribution >= 4 is 28.6 Å². The van der Waals surface area contributed by atoms with Gasteiger partial charge in [0.2, 0.25) is 5.78 Å². The molecule has 1 heterocycles. The number of aryl methyl sites for hydroxylation is 1. The molecule has 1 aromatic heterocycles. The first-order chi connectivity index (χ1) is 20.6. The quantitative estimate of drug-likeness (QED) is 0.108. The molecule has 43 heavy (non-hydrogen) atoms. The molecule has 1 N–H and O–H groups in total. The molecule has 0 amide bonds. The number of carbonyl (C=O) groups excluding carboxylic acids is 2. The molecule has 0 atom stereocenters. The maximum absolute atomic E-state index is 13.1. The van der Waals surface area contributed by atoms with Crippen molar-refractivity contribution in [3.8, 4) is 11.3 Å². The lowest BCUT2D eigenvalue weighted by Crippen LogP contribution is -2.24. The average molecular weight is 587 g/mol. The van der Waals surface area contributed by atoms with Crippen molar-refractivity contribution < 1.29 is 24.2 Å². The van der Waals surface area contributed by atoms with E-state index in [0.717, 1.165) is 79.1 Å². The summed E-state index contributed by atoms with van der Waals surface area (Å²) >= 11 is 0. The van der Waals surface area contributed by atoms with Crippen LogP contribution in [0.25, 0.3) is 22.2 Å². The second kappa shape index (κ2) is 15.2. The number of carboxylic acids is 1. The number of nitrogens with zero attached hydrogens (tertiary/aromatic N) is 2. The second-order valence-corrected chi connectivity index (χ2v) is 12.9. The third-order valence-electron chi connectivity index (χ3n) is 8.30. The maximum atomic E-state index is 13.1. The molecular weight excluding hydrogens is 540 g/mol. The fourth-order valence-corrected chi connectivity index (χ4v) is 6.07. The van der Waals surface area contributed by atoms with Crippen LogP contribution in [-0.4, -0.2) is 38.4 Å². The van der Waals surface area contributed by atoms with E-state index >= 15 is 0 Å². The smallest absolute Gasteiger partial charge is 0.372 e. The lowest BCUT2D eigenvalue weighted by molar-refractivity contribution is -0.149. The minimum atomic E-state index is -1.32. The summed E-state index contributed by atoms with van der Waals surface area (Å²) in [4.78, 5) is 44.0. The molecule has 0 unspecified atom stereocenters. The van der Waals surface area contributed by atoms with E-state index < -0.39 is 17.4 Å². The van der Waals surface area contributed by atoms with Gasteiger partial charge < -0.3 is 9.84 Å². The molecular formula is C36H46N2O5. The monoisotopic (exact) mass is 586 g/mol. The highest BCUT2D eigenvalue weighted by molar-refractivity contribution is 6.32. The average Bonchev–Trinajstić information content (AvgIpc) is 3.51. The first kappa shape index (κ1) is 32.3. The SMILES string of the molecule is CC(C)(C)OC(=O)c1ccc(-c2ncnc3cc(CCCCCCCCCCC(=O)C(=O)O)ccc23)cc1C1CCCC1. The van der Waals surface area contributed by atoms with Crippen LogP contribution in [0.2, 0.25) is 0 Å². The lowest BCUT2D eigenvalue weighted by atomic mass is 9.90. The lowest BCUT2D eigenvalue weighted by Gasteiger charge is -2.22. The Hall–Kier alpha value is -3.61. The summed E-state index contributed by atoms with van der Waals surface area (Å²) in [5, 5.41) is 9.64. The topological polar surface area (TPSA) is 106 Å². The molecule has 1 aliphatic carbocycles. The minimum Gasteiger partial charge on any atom is -0.476 e. The summed E-state index contributed by atoms with van der Waals surface area (Å²) in [6.07, 6.45) is 15.7. The Balaban J connectivity index is 1.35. The van der Waals surface area contributed by atoms with Crippen LogP contribution in [-0.2, 0) is 20.7 Å². The third-order valence-corrected chi connectivity index (χ3v) is 8.30. The van der Waals surface area contributed by atoms with Gasteiger partial charge in [-0.25, -0.2) is 19.6 Å². The van der Waals surface area contributed by atoms with Gasteiger partial charge >= 0.3 is 11.9 Å². The highest BCUT2D eigenvalue weighted by Crippen LogP contribution is 2.39. The third kappa shape index (κ3) is 9.44. The number of Topliss-reactive ketones (excluding diaryl/α,β-unsaturated/α-hetero) is 1. The Kier molecular flexibility index (Phi) is 11.4. The van der Waals surface area contributed by atoms with Crippen molar-refractivity contribution in [3.63, 3.8) is 0 Å². The fraction of sp³-hybridized carbons (Fsp3) is 0.528. The summed E-state index contributed by atoms with van der Waals surface area (Å²) in [5.74, 6) is -1.90. The van der Waals surface area contributed by atoms with Crippen molar-refractivity contribution in [2.75, 3.05) is 0 Å². The molecule has 0 aliphatic heterocycles. The van der Waals surface area contributed by atoms with Gasteiger partial charge in [-0.05, 0) is 88.1 Å². The summed E-state index contributed by atoms with van der Waals surface area (Å²) in [7, 11) is 0. The Morgan fingerprint density at radius 1 is 0.860 bits per heavy atom. The van der Waals surface area contributed by atoms with Gasteiger partial charge in [-0.1, -0.05) is 69.6 Å². The summed E-state index contributed by atoms with van der Waals surface area (Å²) < 4.78 is 5.75. The zero-order valence-corrected chi connectivity index (χ0v) is 26.0.